The summed E-state index contributed by atoms with van der Waals surface area (Å²) in [5.41, 5.74) is 0.840. The average Bonchev–Trinajstić information content (AvgIpc) is 2.88. The average molecular weight is 357 g/mol. The zero-order chi connectivity index (χ0) is 15.4. The van der Waals surface area contributed by atoms with E-state index >= 15 is 0 Å². The number of anilines is 1. The maximum absolute atomic E-state index is 12.0. The maximum atomic E-state index is 12.0. The van der Waals surface area contributed by atoms with Crippen LogP contribution in [-0.2, 0) is 22.6 Å². The van der Waals surface area contributed by atoms with E-state index in [9.17, 15) is 9.59 Å². The van der Waals surface area contributed by atoms with Crippen molar-refractivity contribution in [3.63, 3.8) is 0 Å². The third-order valence-corrected chi connectivity index (χ3v) is 3.39. The lowest BCUT2D eigenvalue weighted by molar-refractivity contribution is -0.141. The predicted octanol–water partition coefficient (Wildman–Crippen LogP) is 1.09. The molecule has 0 aromatic carbocycles. The number of methoxy groups -OCH3 is 1. The first-order chi connectivity index (χ1) is 10.0. The quantitative estimate of drug-likeness (QED) is 0.800. The van der Waals surface area contributed by atoms with Gasteiger partial charge in [-0.05, 0) is 22.9 Å². The van der Waals surface area contributed by atoms with Crippen LogP contribution in [0.25, 0.3) is 0 Å². The highest BCUT2D eigenvalue weighted by atomic mass is 79.9. The van der Waals surface area contributed by atoms with Crippen molar-refractivity contribution >= 4 is 27.6 Å². The Morgan fingerprint density at radius 3 is 2.95 bits per heavy atom. The van der Waals surface area contributed by atoms with Crippen LogP contribution in [0.5, 0.6) is 0 Å². The van der Waals surface area contributed by atoms with Gasteiger partial charge in [-0.15, -0.1) is 0 Å². The minimum absolute atomic E-state index is 0.241. The topological polar surface area (TPSA) is 99.2 Å². The summed E-state index contributed by atoms with van der Waals surface area (Å²) < 4.78 is 10.8. The maximum Gasteiger partial charge on any atom is 0.327 e. The number of rotatable bonds is 5. The molecular formula is C12H13BrN4O4. The molecular weight excluding hydrogens is 344 g/mol. The number of aryl methyl sites for hydroxylation is 1. The Labute approximate surface area is 128 Å². The van der Waals surface area contributed by atoms with Gasteiger partial charge in [-0.25, -0.2) is 4.68 Å². The fourth-order valence-electron chi connectivity index (χ4n) is 1.57. The molecule has 0 atom stereocenters. The van der Waals surface area contributed by atoms with E-state index in [4.69, 9.17) is 4.52 Å². The molecule has 0 saturated heterocycles. The molecule has 0 spiro atoms. The molecule has 0 fully saturated rings. The first-order valence-electron chi connectivity index (χ1n) is 5.99. The second kappa shape index (κ2) is 6.53. The van der Waals surface area contributed by atoms with Crippen molar-refractivity contribution in [3.8, 4) is 0 Å². The second-order valence-corrected chi connectivity index (χ2v) is 4.99. The Morgan fingerprint density at radius 2 is 2.33 bits per heavy atom. The normalized spacial score (nSPS) is 10.4. The van der Waals surface area contributed by atoms with Crippen LogP contribution in [0.3, 0.4) is 0 Å². The third-order valence-electron chi connectivity index (χ3n) is 2.62. The minimum atomic E-state index is -0.547. The van der Waals surface area contributed by atoms with Crippen molar-refractivity contribution < 1.29 is 14.1 Å². The van der Waals surface area contributed by atoms with Gasteiger partial charge in [0, 0.05) is 6.07 Å². The monoisotopic (exact) mass is 356 g/mol. The molecule has 2 aromatic rings. The van der Waals surface area contributed by atoms with Crippen LogP contribution < -0.4 is 10.9 Å². The molecule has 112 valence electrons. The zero-order valence-corrected chi connectivity index (χ0v) is 13.0. The summed E-state index contributed by atoms with van der Waals surface area (Å²) in [4.78, 5) is 23.2. The van der Waals surface area contributed by atoms with E-state index in [1.165, 1.54) is 13.3 Å². The summed E-state index contributed by atoms with van der Waals surface area (Å²) in [5.74, 6) is 0.0903. The van der Waals surface area contributed by atoms with Gasteiger partial charge in [0.15, 0.2) is 5.76 Å². The van der Waals surface area contributed by atoms with Gasteiger partial charge in [0.25, 0.3) is 5.56 Å². The summed E-state index contributed by atoms with van der Waals surface area (Å²) in [7, 11) is 1.25. The van der Waals surface area contributed by atoms with E-state index in [-0.39, 0.29) is 11.0 Å². The first kappa shape index (κ1) is 15.2. The fourth-order valence-corrected chi connectivity index (χ4v) is 2.02. The van der Waals surface area contributed by atoms with Crippen LogP contribution in [0, 0.1) is 6.92 Å². The Hall–Kier alpha value is -2.16. The van der Waals surface area contributed by atoms with E-state index in [2.05, 4.69) is 36.2 Å². The molecule has 0 bridgehead atoms. The third kappa shape index (κ3) is 3.69. The molecule has 0 aliphatic heterocycles. The Morgan fingerprint density at radius 1 is 1.57 bits per heavy atom. The fraction of sp³-hybridized carbons (Fsp3) is 0.333. The molecule has 0 aliphatic rings. The van der Waals surface area contributed by atoms with Crippen LogP contribution >= 0.6 is 15.9 Å². The molecule has 0 radical (unpaired) electrons. The molecule has 0 amide bonds. The number of carbonyl (C=O) groups is 1. The van der Waals surface area contributed by atoms with E-state index in [1.807, 2.05) is 6.92 Å². The summed E-state index contributed by atoms with van der Waals surface area (Å²) >= 11 is 3.19. The van der Waals surface area contributed by atoms with Crippen molar-refractivity contribution in [1.82, 2.24) is 14.9 Å². The number of esters is 1. The van der Waals surface area contributed by atoms with E-state index < -0.39 is 11.5 Å². The number of aromatic nitrogens is 3. The SMILES string of the molecule is COC(=O)Cn1ncc(NCc2cc(C)no2)c(Br)c1=O. The van der Waals surface area contributed by atoms with E-state index in [0.717, 1.165) is 10.4 Å². The Balaban J connectivity index is 2.13. The number of halogens is 1. The highest BCUT2D eigenvalue weighted by molar-refractivity contribution is 9.10. The number of nitrogens with zero attached hydrogens (tertiary/aromatic N) is 3. The number of ether oxygens (including phenoxy) is 1. The zero-order valence-electron chi connectivity index (χ0n) is 11.4. The Kier molecular flexibility index (Phi) is 4.73. The minimum Gasteiger partial charge on any atom is -0.468 e. The number of hydrogen-bond acceptors (Lipinski definition) is 7. The number of nitrogens with one attached hydrogen (secondary N) is 1. The molecule has 8 nitrogen and oxygen atoms in total. The predicted molar refractivity (Wildman–Crippen MR) is 76.8 cm³/mol. The highest BCUT2D eigenvalue weighted by Crippen LogP contribution is 2.17. The molecule has 1 N–H and O–H groups in total. The van der Waals surface area contributed by atoms with Gasteiger partial charge < -0.3 is 14.6 Å². The van der Waals surface area contributed by atoms with Crippen LogP contribution in [0.4, 0.5) is 5.69 Å². The van der Waals surface area contributed by atoms with Crippen LogP contribution in [0.1, 0.15) is 11.5 Å². The Bertz CT molecular complexity index is 710. The van der Waals surface area contributed by atoms with E-state index in [1.54, 1.807) is 6.07 Å². The largest absolute Gasteiger partial charge is 0.468 e. The van der Waals surface area contributed by atoms with Gasteiger partial charge in [0.05, 0.1) is 31.2 Å². The smallest absolute Gasteiger partial charge is 0.327 e. The molecule has 0 unspecified atom stereocenters. The summed E-state index contributed by atoms with van der Waals surface area (Å²) in [6.07, 6.45) is 1.44. The second-order valence-electron chi connectivity index (χ2n) is 4.20. The van der Waals surface area contributed by atoms with Crippen molar-refractivity contribution in [1.29, 1.82) is 0 Å². The molecule has 21 heavy (non-hydrogen) atoms. The summed E-state index contributed by atoms with van der Waals surface area (Å²) in [6, 6.07) is 1.78. The summed E-state index contributed by atoms with van der Waals surface area (Å²) in [6.45, 7) is 1.94. The molecule has 9 heteroatoms. The summed E-state index contributed by atoms with van der Waals surface area (Å²) in [5, 5.41) is 10.7. The van der Waals surface area contributed by atoms with Crippen LogP contribution in [0.15, 0.2) is 26.1 Å². The van der Waals surface area contributed by atoms with E-state index in [0.29, 0.717) is 18.0 Å². The molecule has 0 aliphatic carbocycles. The van der Waals surface area contributed by atoms with Gasteiger partial charge in [0.1, 0.15) is 11.0 Å². The molecule has 2 aromatic heterocycles. The molecule has 0 saturated carbocycles. The van der Waals surface area contributed by atoms with Crippen LogP contribution in [-0.4, -0.2) is 28.0 Å². The van der Waals surface area contributed by atoms with Crippen LogP contribution in [0.2, 0.25) is 0 Å². The lowest BCUT2D eigenvalue weighted by Gasteiger charge is -2.08. The van der Waals surface area contributed by atoms with Gasteiger partial charge in [-0.1, -0.05) is 5.16 Å². The van der Waals surface area contributed by atoms with Crippen molar-refractivity contribution in [2.45, 2.75) is 20.0 Å². The van der Waals surface area contributed by atoms with Crippen molar-refractivity contribution in [2.75, 3.05) is 12.4 Å². The first-order valence-corrected chi connectivity index (χ1v) is 6.79. The number of carbonyl (C=O) groups excluding carboxylic acids is 1. The number of hydrogen-bond donors (Lipinski definition) is 1. The van der Waals surface area contributed by atoms with Gasteiger partial charge in [-0.3, -0.25) is 9.59 Å². The highest BCUT2D eigenvalue weighted by Gasteiger charge is 2.12. The van der Waals surface area contributed by atoms with Crippen molar-refractivity contribution in [3.05, 3.63) is 38.5 Å². The lowest BCUT2D eigenvalue weighted by atomic mass is 10.3. The standard InChI is InChI=1S/C12H13BrN4O4/c1-7-3-8(21-16-7)4-14-9-5-15-17(6-10(18)20-2)12(19)11(9)13/h3,5,14H,4,6H2,1-2H3. The molecule has 2 rings (SSSR count). The van der Waals surface area contributed by atoms with Gasteiger partial charge in [-0.2, -0.15) is 5.10 Å². The van der Waals surface area contributed by atoms with Gasteiger partial charge >= 0.3 is 5.97 Å². The van der Waals surface area contributed by atoms with Gasteiger partial charge in [0.2, 0.25) is 0 Å². The molecule has 2 heterocycles. The van der Waals surface area contributed by atoms with Crippen molar-refractivity contribution in [2.24, 2.45) is 0 Å². The lowest BCUT2D eigenvalue weighted by Crippen LogP contribution is -2.28.